The van der Waals surface area contributed by atoms with E-state index in [4.69, 9.17) is 4.74 Å². The topological polar surface area (TPSA) is 26.3 Å². The first-order valence-corrected chi connectivity index (χ1v) is 7.76. The number of unbranched alkanes of at least 4 members (excludes halogenated alkanes) is 9. The third-order valence-corrected chi connectivity index (χ3v) is 3.30. The van der Waals surface area contributed by atoms with Crippen LogP contribution in [0.15, 0.2) is 17.9 Å². The molecule has 0 aliphatic heterocycles. The van der Waals surface area contributed by atoms with E-state index in [0.717, 1.165) is 12.8 Å². The van der Waals surface area contributed by atoms with Gasteiger partial charge in [-0.25, -0.2) is 4.79 Å². The standard InChI is InChI=1S/C17H30O2/c1-4-6-7-8-9-10-11-12-13-14-15-19-17(18)16(3)5-2/h2,4,6-15H2,1,3H3. The molecule has 0 saturated heterocycles. The average Bonchev–Trinajstić information content (AvgIpc) is 2.43. The van der Waals surface area contributed by atoms with E-state index in [0.29, 0.717) is 12.2 Å². The zero-order chi connectivity index (χ0) is 14.3. The van der Waals surface area contributed by atoms with E-state index in [1.54, 1.807) is 6.92 Å². The van der Waals surface area contributed by atoms with E-state index >= 15 is 0 Å². The van der Waals surface area contributed by atoms with Crippen molar-refractivity contribution in [2.45, 2.75) is 78.1 Å². The molecular formula is C17H30O2. The second-order valence-corrected chi connectivity index (χ2v) is 5.12. The number of carbonyl (C=O) groups excluding carboxylic acids is 1. The molecule has 0 aromatic heterocycles. The number of ether oxygens (including phenoxy) is 1. The van der Waals surface area contributed by atoms with Crippen LogP contribution in [0.5, 0.6) is 0 Å². The molecule has 0 saturated carbocycles. The highest BCUT2D eigenvalue weighted by molar-refractivity contribution is 5.87. The van der Waals surface area contributed by atoms with Crippen molar-refractivity contribution >= 4 is 5.97 Å². The van der Waals surface area contributed by atoms with E-state index < -0.39 is 0 Å². The third kappa shape index (κ3) is 11.8. The Balaban J connectivity index is 3.19. The molecule has 0 aromatic rings. The van der Waals surface area contributed by atoms with Crippen molar-refractivity contribution in [3.05, 3.63) is 17.9 Å². The van der Waals surface area contributed by atoms with Crippen molar-refractivity contribution in [1.29, 1.82) is 0 Å². The summed E-state index contributed by atoms with van der Waals surface area (Å²) in [6, 6.07) is 0. The summed E-state index contributed by atoms with van der Waals surface area (Å²) in [6.45, 7) is 7.87. The Morgan fingerprint density at radius 1 is 0.947 bits per heavy atom. The van der Waals surface area contributed by atoms with Gasteiger partial charge in [-0.05, 0) is 13.3 Å². The highest BCUT2D eigenvalue weighted by atomic mass is 16.5. The minimum absolute atomic E-state index is 0.286. The van der Waals surface area contributed by atoms with Gasteiger partial charge in [0.25, 0.3) is 0 Å². The molecule has 0 spiro atoms. The Morgan fingerprint density at radius 3 is 1.89 bits per heavy atom. The molecule has 0 bridgehead atoms. The lowest BCUT2D eigenvalue weighted by Crippen LogP contribution is -2.06. The molecule has 19 heavy (non-hydrogen) atoms. The van der Waals surface area contributed by atoms with Gasteiger partial charge in [0.1, 0.15) is 0 Å². The normalized spacial score (nSPS) is 10.0. The lowest BCUT2D eigenvalue weighted by molar-refractivity contribution is -0.139. The van der Waals surface area contributed by atoms with Crippen LogP contribution < -0.4 is 0 Å². The van der Waals surface area contributed by atoms with E-state index in [1.165, 1.54) is 51.4 Å². The molecule has 0 aromatic carbocycles. The number of hydrogen-bond acceptors (Lipinski definition) is 2. The summed E-state index contributed by atoms with van der Waals surface area (Å²) >= 11 is 0. The second kappa shape index (κ2) is 13.4. The molecule has 110 valence electrons. The van der Waals surface area contributed by atoms with Gasteiger partial charge >= 0.3 is 5.97 Å². The molecule has 0 atom stereocenters. The largest absolute Gasteiger partial charge is 0.462 e. The number of carbonyl (C=O) groups is 1. The van der Waals surface area contributed by atoms with E-state index in [2.05, 4.69) is 19.2 Å². The molecule has 0 heterocycles. The van der Waals surface area contributed by atoms with Crippen molar-refractivity contribution in [1.82, 2.24) is 0 Å². The predicted molar refractivity (Wildman–Crippen MR) is 81.1 cm³/mol. The van der Waals surface area contributed by atoms with E-state index in [1.807, 2.05) is 0 Å². The number of hydrogen-bond donors (Lipinski definition) is 0. The molecule has 0 aliphatic rings. The van der Waals surface area contributed by atoms with Gasteiger partial charge in [-0.1, -0.05) is 71.3 Å². The predicted octanol–water partition coefficient (Wildman–Crippen LogP) is 5.18. The van der Waals surface area contributed by atoms with Crippen molar-refractivity contribution in [3.63, 3.8) is 0 Å². The molecule has 0 N–H and O–H groups in total. The van der Waals surface area contributed by atoms with Crippen molar-refractivity contribution in [3.8, 4) is 0 Å². The van der Waals surface area contributed by atoms with Gasteiger partial charge in [0.2, 0.25) is 0 Å². The first kappa shape index (κ1) is 18.0. The zero-order valence-electron chi connectivity index (χ0n) is 12.8. The van der Waals surface area contributed by atoms with Crippen LogP contribution in [0.4, 0.5) is 0 Å². The number of rotatable bonds is 12. The minimum Gasteiger partial charge on any atom is -0.462 e. The first-order chi connectivity index (χ1) is 9.22. The maximum absolute atomic E-state index is 11.3. The van der Waals surface area contributed by atoms with Crippen LogP contribution in [0, 0.1) is 0 Å². The van der Waals surface area contributed by atoms with Gasteiger partial charge < -0.3 is 4.74 Å². The fraction of sp³-hybridized carbons (Fsp3) is 0.765. The summed E-state index contributed by atoms with van der Waals surface area (Å²) in [6.07, 6.45) is 12.9. The van der Waals surface area contributed by atoms with Gasteiger partial charge in [0.15, 0.2) is 0 Å². The van der Waals surface area contributed by atoms with Crippen molar-refractivity contribution in [2.24, 2.45) is 0 Å². The molecule has 2 heteroatoms. The zero-order valence-corrected chi connectivity index (χ0v) is 12.8. The summed E-state index contributed by atoms with van der Waals surface area (Å²) in [4.78, 5) is 11.3. The molecular weight excluding hydrogens is 236 g/mol. The molecule has 0 aliphatic carbocycles. The molecule has 0 rings (SSSR count). The third-order valence-electron chi connectivity index (χ3n) is 3.30. The van der Waals surface area contributed by atoms with Crippen molar-refractivity contribution < 1.29 is 9.53 Å². The average molecular weight is 266 g/mol. The van der Waals surface area contributed by atoms with Crippen LogP contribution in [-0.2, 0) is 9.53 Å². The quantitative estimate of drug-likeness (QED) is 0.210. The highest BCUT2D eigenvalue weighted by Crippen LogP contribution is 2.10. The van der Waals surface area contributed by atoms with Crippen LogP contribution >= 0.6 is 0 Å². The Hall–Kier alpha value is -1.01. The van der Waals surface area contributed by atoms with Crippen LogP contribution in [-0.4, -0.2) is 12.6 Å². The molecule has 0 unspecified atom stereocenters. The summed E-state index contributed by atoms with van der Waals surface area (Å²) in [5.41, 5.74) is 3.01. The van der Waals surface area contributed by atoms with Gasteiger partial charge in [-0.15, -0.1) is 5.73 Å². The number of esters is 1. The second-order valence-electron chi connectivity index (χ2n) is 5.12. The minimum atomic E-state index is -0.286. The van der Waals surface area contributed by atoms with Crippen molar-refractivity contribution in [2.75, 3.05) is 6.61 Å². The molecule has 0 radical (unpaired) electrons. The van der Waals surface area contributed by atoms with Crippen LogP contribution in [0.2, 0.25) is 0 Å². The monoisotopic (exact) mass is 266 g/mol. The summed E-state index contributed by atoms with van der Waals surface area (Å²) < 4.78 is 5.09. The van der Waals surface area contributed by atoms with Gasteiger partial charge in [0, 0.05) is 0 Å². The molecule has 0 fully saturated rings. The van der Waals surface area contributed by atoms with Gasteiger partial charge in [-0.2, -0.15) is 0 Å². The lowest BCUT2D eigenvalue weighted by Gasteiger charge is -2.04. The lowest BCUT2D eigenvalue weighted by atomic mass is 10.1. The molecule has 2 nitrogen and oxygen atoms in total. The fourth-order valence-corrected chi connectivity index (χ4v) is 1.93. The SMILES string of the molecule is C=C=C(C)C(=O)OCCCCCCCCCCCC. The Labute approximate surface area is 118 Å². The summed E-state index contributed by atoms with van der Waals surface area (Å²) in [5.74, 6) is -0.286. The van der Waals surface area contributed by atoms with Crippen LogP contribution in [0.25, 0.3) is 0 Å². The van der Waals surface area contributed by atoms with E-state index in [9.17, 15) is 4.79 Å². The Morgan fingerprint density at radius 2 is 1.42 bits per heavy atom. The van der Waals surface area contributed by atoms with E-state index in [-0.39, 0.29) is 5.97 Å². The van der Waals surface area contributed by atoms with Crippen LogP contribution in [0.3, 0.4) is 0 Å². The Kier molecular flexibility index (Phi) is 12.7. The highest BCUT2D eigenvalue weighted by Gasteiger charge is 2.03. The van der Waals surface area contributed by atoms with Gasteiger partial charge in [0.05, 0.1) is 12.2 Å². The Bertz CT molecular complexity index is 275. The maximum atomic E-state index is 11.3. The van der Waals surface area contributed by atoms with Gasteiger partial charge in [-0.3, -0.25) is 0 Å². The summed E-state index contributed by atoms with van der Waals surface area (Å²) in [5, 5.41) is 0. The first-order valence-electron chi connectivity index (χ1n) is 7.76. The van der Waals surface area contributed by atoms with Crippen LogP contribution in [0.1, 0.15) is 78.1 Å². The smallest absolute Gasteiger partial charge is 0.341 e. The summed E-state index contributed by atoms with van der Waals surface area (Å²) in [7, 11) is 0. The fourth-order valence-electron chi connectivity index (χ4n) is 1.93. The maximum Gasteiger partial charge on any atom is 0.341 e. The molecule has 0 amide bonds.